The first-order valence-corrected chi connectivity index (χ1v) is 11.8. The number of piperazine rings is 1. The van der Waals surface area contributed by atoms with Gasteiger partial charge in [-0.1, -0.05) is 60.7 Å². The van der Waals surface area contributed by atoms with E-state index in [1.807, 2.05) is 36.4 Å². The highest BCUT2D eigenvalue weighted by Gasteiger charge is 2.28. The minimum absolute atomic E-state index is 0.0905. The predicted molar refractivity (Wildman–Crippen MR) is 136 cm³/mol. The van der Waals surface area contributed by atoms with Crippen LogP contribution in [-0.4, -0.2) is 56.4 Å². The standard InChI is InChI=1S/C27H25N5O4/c33-25(18-31-19-28-24-12-11-22(32(35)36)17-23(24)27(31)34)29-13-15-30(16-14-29)26(20-7-3-1-4-8-20)21-9-5-2-6-10-21/h1-12,17,19,26H,13-16,18H2. The minimum atomic E-state index is -0.557. The van der Waals surface area contributed by atoms with Crippen molar-refractivity contribution in [2.75, 3.05) is 26.2 Å². The summed E-state index contributed by atoms with van der Waals surface area (Å²) in [5.74, 6) is -0.181. The number of nitro benzene ring substituents is 1. The second-order valence-corrected chi connectivity index (χ2v) is 8.78. The molecule has 5 rings (SSSR count). The average molecular weight is 484 g/mol. The second-order valence-electron chi connectivity index (χ2n) is 8.78. The van der Waals surface area contributed by atoms with E-state index in [0.29, 0.717) is 31.7 Å². The highest BCUT2D eigenvalue weighted by molar-refractivity contribution is 5.81. The van der Waals surface area contributed by atoms with Gasteiger partial charge in [-0.15, -0.1) is 0 Å². The fraction of sp³-hybridized carbons (Fsp3) is 0.222. The number of non-ortho nitro benzene ring substituents is 1. The Morgan fingerprint density at radius 3 is 2.11 bits per heavy atom. The maximum absolute atomic E-state index is 13.1. The van der Waals surface area contributed by atoms with Crippen molar-refractivity contribution in [1.29, 1.82) is 0 Å². The number of hydrogen-bond donors (Lipinski definition) is 0. The summed E-state index contributed by atoms with van der Waals surface area (Å²) < 4.78 is 1.22. The van der Waals surface area contributed by atoms with Gasteiger partial charge >= 0.3 is 0 Å². The predicted octanol–water partition coefficient (Wildman–Crippen LogP) is 3.24. The first kappa shape index (κ1) is 23.4. The number of benzene rings is 3. The van der Waals surface area contributed by atoms with E-state index in [1.54, 1.807) is 4.90 Å². The second kappa shape index (κ2) is 10.1. The van der Waals surface area contributed by atoms with Crippen molar-refractivity contribution in [3.8, 4) is 0 Å². The van der Waals surface area contributed by atoms with E-state index in [1.165, 1.54) is 40.2 Å². The van der Waals surface area contributed by atoms with Crippen molar-refractivity contribution >= 4 is 22.5 Å². The maximum atomic E-state index is 13.1. The zero-order chi connectivity index (χ0) is 25.1. The third-order valence-corrected chi connectivity index (χ3v) is 6.59. The van der Waals surface area contributed by atoms with Crippen molar-refractivity contribution in [2.45, 2.75) is 12.6 Å². The third kappa shape index (κ3) is 4.73. The van der Waals surface area contributed by atoms with Crippen LogP contribution in [0.1, 0.15) is 17.2 Å². The highest BCUT2D eigenvalue weighted by atomic mass is 16.6. The summed E-state index contributed by atoms with van der Waals surface area (Å²) >= 11 is 0. The smallest absolute Gasteiger partial charge is 0.270 e. The van der Waals surface area contributed by atoms with E-state index in [4.69, 9.17) is 0 Å². The van der Waals surface area contributed by atoms with Gasteiger partial charge < -0.3 is 4.90 Å². The Labute approximate surface area is 207 Å². The number of hydrogen-bond acceptors (Lipinski definition) is 6. The van der Waals surface area contributed by atoms with Crippen molar-refractivity contribution in [3.63, 3.8) is 0 Å². The molecule has 9 nitrogen and oxygen atoms in total. The van der Waals surface area contributed by atoms with E-state index in [-0.39, 0.29) is 29.6 Å². The molecule has 4 aromatic rings. The molecular formula is C27H25N5O4. The molecule has 182 valence electrons. The van der Waals surface area contributed by atoms with Crippen LogP contribution in [0.4, 0.5) is 5.69 Å². The number of nitro groups is 1. The molecule has 2 heterocycles. The first-order valence-electron chi connectivity index (χ1n) is 11.8. The van der Waals surface area contributed by atoms with Crippen LogP contribution in [0.2, 0.25) is 0 Å². The number of carbonyl (C=O) groups excluding carboxylic acids is 1. The van der Waals surface area contributed by atoms with Crippen LogP contribution in [0.3, 0.4) is 0 Å². The SMILES string of the molecule is O=C(Cn1cnc2ccc([N+](=O)[O-])cc2c1=O)N1CCN(C(c2ccccc2)c2ccccc2)CC1. The highest BCUT2D eigenvalue weighted by Crippen LogP contribution is 2.29. The van der Waals surface area contributed by atoms with Gasteiger partial charge in [-0.05, 0) is 17.2 Å². The first-order chi connectivity index (χ1) is 17.5. The van der Waals surface area contributed by atoms with Crippen LogP contribution in [0, 0.1) is 10.1 Å². The molecule has 0 aliphatic carbocycles. The summed E-state index contributed by atoms with van der Waals surface area (Å²) in [6.07, 6.45) is 1.32. The Balaban J connectivity index is 1.30. The zero-order valence-electron chi connectivity index (χ0n) is 19.6. The summed E-state index contributed by atoms with van der Waals surface area (Å²) in [6, 6.07) is 24.7. The lowest BCUT2D eigenvalue weighted by atomic mass is 9.96. The molecule has 0 saturated carbocycles. The van der Waals surface area contributed by atoms with Gasteiger partial charge in [0.2, 0.25) is 5.91 Å². The van der Waals surface area contributed by atoms with Crippen LogP contribution in [0.25, 0.3) is 10.9 Å². The lowest BCUT2D eigenvalue weighted by Crippen LogP contribution is -2.51. The van der Waals surface area contributed by atoms with Gasteiger partial charge in [-0.3, -0.25) is 29.2 Å². The molecule has 36 heavy (non-hydrogen) atoms. The molecule has 3 aromatic carbocycles. The fourth-order valence-corrected chi connectivity index (χ4v) is 4.73. The van der Waals surface area contributed by atoms with Gasteiger partial charge in [-0.2, -0.15) is 0 Å². The van der Waals surface area contributed by atoms with Gasteiger partial charge in [-0.25, -0.2) is 4.98 Å². The van der Waals surface area contributed by atoms with E-state index in [2.05, 4.69) is 34.1 Å². The normalized spacial score (nSPS) is 14.3. The quantitative estimate of drug-likeness (QED) is 0.308. The molecular weight excluding hydrogens is 458 g/mol. The number of nitrogens with zero attached hydrogens (tertiary/aromatic N) is 5. The number of carbonyl (C=O) groups is 1. The van der Waals surface area contributed by atoms with E-state index in [9.17, 15) is 19.7 Å². The molecule has 1 aliphatic heterocycles. The van der Waals surface area contributed by atoms with Crippen molar-refractivity contribution in [1.82, 2.24) is 19.4 Å². The lowest BCUT2D eigenvalue weighted by Gasteiger charge is -2.39. The van der Waals surface area contributed by atoms with Gasteiger partial charge in [0.05, 0.1) is 28.2 Å². The molecule has 1 aromatic heterocycles. The summed E-state index contributed by atoms with van der Waals surface area (Å²) in [7, 11) is 0. The van der Waals surface area contributed by atoms with Gasteiger partial charge in [0, 0.05) is 38.3 Å². The molecule has 0 bridgehead atoms. The van der Waals surface area contributed by atoms with Gasteiger partial charge in [0.25, 0.3) is 11.2 Å². The summed E-state index contributed by atoms with van der Waals surface area (Å²) in [4.78, 5) is 44.8. The van der Waals surface area contributed by atoms with E-state index < -0.39 is 10.5 Å². The molecule has 0 unspecified atom stereocenters. The van der Waals surface area contributed by atoms with Crippen LogP contribution in [-0.2, 0) is 11.3 Å². The topological polar surface area (TPSA) is 102 Å². The summed E-state index contributed by atoms with van der Waals surface area (Å²) in [5.41, 5.74) is 2.10. The zero-order valence-corrected chi connectivity index (χ0v) is 19.6. The Morgan fingerprint density at radius 1 is 0.917 bits per heavy atom. The van der Waals surface area contributed by atoms with Crippen LogP contribution in [0.5, 0.6) is 0 Å². The monoisotopic (exact) mass is 483 g/mol. The van der Waals surface area contributed by atoms with Crippen molar-refractivity contribution in [3.05, 3.63) is 117 Å². The van der Waals surface area contributed by atoms with Gasteiger partial charge in [0.1, 0.15) is 6.54 Å². The molecule has 0 spiro atoms. The third-order valence-electron chi connectivity index (χ3n) is 6.59. The molecule has 1 amide bonds. The van der Waals surface area contributed by atoms with E-state index >= 15 is 0 Å². The molecule has 1 fully saturated rings. The van der Waals surface area contributed by atoms with Crippen molar-refractivity contribution < 1.29 is 9.72 Å². The number of amides is 1. The minimum Gasteiger partial charge on any atom is -0.339 e. The molecule has 1 aliphatic rings. The fourth-order valence-electron chi connectivity index (χ4n) is 4.73. The lowest BCUT2D eigenvalue weighted by molar-refractivity contribution is -0.384. The Hall–Kier alpha value is -4.37. The summed E-state index contributed by atoms with van der Waals surface area (Å²) in [5, 5.41) is 11.2. The molecule has 0 radical (unpaired) electrons. The largest absolute Gasteiger partial charge is 0.339 e. The maximum Gasteiger partial charge on any atom is 0.270 e. The number of rotatable bonds is 6. The molecule has 1 saturated heterocycles. The Bertz CT molecular complexity index is 1410. The van der Waals surface area contributed by atoms with Crippen LogP contribution in [0.15, 0.2) is 90.0 Å². The Kier molecular flexibility index (Phi) is 6.55. The average Bonchev–Trinajstić information content (AvgIpc) is 2.92. The molecule has 0 N–H and O–H groups in total. The van der Waals surface area contributed by atoms with Crippen LogP contribution >= 0.6 is 0 Å². The summed E-state index contributed by atoms with van der Waals surface area (Å²) in [6.45, 7) is 2.30. The molecule has 9 heteroatoms. The van der Waals surface area contributed by atoms with Crippen molar-refractivity contribution in [2.24, 2.45) is 0 Å². The number of aromatic nitrogens is 2. The Morgan fingerprint density at radius 2 is 1.53 bits per heavy atom. The van der Waals surface area contributed by atoms with Crippen LogP contribution < -0.4 is 5.56 Å². The van der Waals surface area contributed by atoms with E-state index in [0.717, 1.165) is 0 Å². The van der Waals surface area contributed by atoms with Gasteiger partial charge in [0.15, 0.2) is 0 Å². The number of fused-ring (bicyclic) bond motifs is 1. The molecule has 0 atom stereocenters.